The van der Waals surface area contributed by atoms with Gasteiger partial charge in [0.1, 0.15) is 0 Å². The molecule has 0 bridgehead atoms. The highest BCUT2D eigenvalue weighted by Gasteiger charge is 2.16. The highest BCUT2D eigenvalue weighted by Crippen LogP contribution is 2.22. The predicted octanol–water partition coefficient (Wildman–Crippen LogP) is 1.91. The maximum Gasteiger partial charge on any atom is 0.258 e. The van der Waals surface area contributed by atoms with E-state index in [-0.39, 0.29) is 23.1 Å². The van der Waals surface area contributed by atoms with Crippen LogP contribution in [0.4, 0.5) is 19.1 Å². The number of rotatable bonds is 2. The van der Waals surface area contributed by atoms with Crippen molar-refractivity contribution in [2.24, 2.45) is 0 Å². The van der Waals surface area contributed by atoms with Crippen LogP contribution in [0.2, 0.25) is 0 Å². The van der Waals surface area contributed by atoms with E-state index in [1.165, 1.54) is 11.8 Å². The van der Waals surface area contributed by atoms with Crippen LogP contribution in [0.1, 0.15) is 0 Å². The largest absolute Gasteiger partial charge is 0.368 e. The van der Waals surface area contributed by atoms with Crippen LogP contribution in [0, 0.1) is 17.5 Å². The maximum absolute atomic E-state index is 13.2. The van der Waals surface area contributed by atoms with E-state index in [1.807, 2.05) is 0 Å². The van der Waals surface area contributed by atoms with Gasteiger partial charge in [0.25, 0.3) is 5.78 Å². The molecule has 0 unspecified atom stereocenters. The van der Waals surface area contributed by atoms with Crippen LogP contribution < -0.4 is 5.73 Å². The van der Waals surface area contributed by atoms with Crippen molar-refractivity contribution in [3.63, 3.8) is 0 Å². The molecule has 2 N–H and O–H groups in total. The van der Waals surface area contributed by atoms with Crippen LogP contribution >= 0.6 is 11.8 Å². The van der Waals surface area contributed by atoms with Crippen LogP contribution in [0.5, 0.6) is 0 Å². The second-order valence-electron chi connectivity index (χ2n) is 3.97. The van der Waals surface area contributed by atoms with Crippen LogP contribution in [0.15, 0.2) is 17.3 Å². The maximum atomic E-state index is 13.2. The summed E-state index contributed by atoms with van der Waals surface area (Å²) in [5.74, 6) is -4.07. The minimum absolute atomic E-state index is 0.0259. The van der Waals surface area contributed by atoms with Crippen LogP contribution in [0.3, 0.4) is 0 Å². The molecule has 6 nitrogen and oxygen atoms in total. The Balaban J connectivity index is 2.19. The molecule has 0 aliphatic rings. The Bertz CT molecular complexity index is 826. The molecular formula is C11H7F3N6S. The molecule has 2 aromatic heterocycles. The first-order chi connectivity index (χ1) is 9.99. The van der Waals surface area contributed by atoms with E-state index in [4.69, 9.17) is 5.73 Å². The zero-order valence-electron chi connectivity index (χ0n) is 10.5. The molecule has 0 spiro atoms. The Morgan fingerprint density at radius 2 is 1.76 bits per heavy atom. The third kappa shape index (κ3) is 2.27. The lowest BCUT2D eigenvalue weighted by atomic mass is 10.2. The molecular weight excluding hydrogens is 305 g/mol. The van der Waals surface area contributed by atoms with E-state index >= 15 is 0 Å². The molecule has 3 rings (SSSR count). The van der Waals surface area contributed by atoms with Crippen LogP contribution in [0.25, 0.3) is 17.2 Å². The quantitative estimate of drug-likeness (QED) is 0.575. The Hall–Kier alpha value is -2.36. The van der Waals surface area contributed by atoms with Gasteiger partial charge in [0.15, 0.2) is 28.4 Å². The van der Waals surface area contributed by atoms with Gasteiger partial charge >= 0.3 is 0 Å². The fourth-order valence-corrected chi connectivity index (χ4v) is 2.04. The number of hydrogen-bond donors (Lipinski definition) is 1. The Kier molecular flexibility index (Phi) is 3.16. The molecule has 2 heterocycles. The standard InChI is InChI=1S/C11H7F3N6S/c1-21-11-17-9(15)20-10(18-11)16-8(19-20)4-2-5(12)7(14)6(13)3-4/h2-3H,1H3,(H2,15,16,17,18,19). The van der Waals surface area contributed by atoms with Crippen molar-refractivity contribution >= 4 is 23.5 Å². The van der Waals surface area contributed by atoms with E-state index < -0.39 is 17.5 Å². The molecule has 0 fully saturated rings. The summed E-state index contributed by atoms with van der Waals surface area (Å²) in [6.07, 6.45) is 1.76. The second-order valence-corrected chi connectivity index (χ2v) is 4.74. The van der Waals surface area contributed by atoms with Gasteiger partial charge in [0.2, 0.25) is 5.95 Å². The highest BCUT2D eigenvalue weighted by atomic mass is 32.2. The molecule has 10 heteroatoms. The molecule has 0 aliphatic heterocycles. The zero-order chi connectivity index (χ0) is 15.1. The molecule has 108 valence electrons. The minimum atomic E-state index is -1.55. The fraction of sp³-hybridized carbons (Fsp3) is 0.0909. The number of nitrogens with zero attached hydrogens (tertiary/aromatic N) is 5. The van der Waals surface area contributed by atoms with Crippen molar-refractivity contribution in [2.75, 3.05) is 12.0 Å². The molecule has 1 aromatic carbocycles. The van der Waals surface area contributed by atoms with Crippen LogP contribution in [-0.2, 0) is 0 Å². The van der Waals surface area contributed by atoms with Gasteiger partial charge in [-0.3, -0.25) is 0 Å². The number of hydrogen-bond acceptors (Lipinski definition) is 6. The first-order valence-electron chi connectivity index (χ1n) is 5.59. The number of benzene rings is 1. The Labute approximate surface area is 120 Å². The van der Waals surface area contributed by atoms with Crippen molar-refractivity contribution in [2.45, 2.75) is 5.16 Å². The summed E-state index contributed by atoms with van der Waals surface area (Å²) < 4.78 is 40.6. The Morgan fingerprint density at radius 1 is 1.10 bits per heavy atom. The summed E-state index contributed by atoms with van der Waals surface area (Å²) in [6.45, 7) is 0. The van der Waals surface area contributed by atoms with Crippen molar-refractivity contribution in [1.82, 2.24) is 24.6 Å². The van der Waals surface area contributed by atoms with Gasteiger partial charge in [0, 0.05) is 5.56 Å². The van der Waals surface area contributed by atoms with E-state index in [2.05, 4.69) is 20.1 Å². The number of anilines is 1. The first-order valence-corrected chi connectivity index (χ1v) is 6.81. The average Bonchev–Trinajstić information content (AvgIpc) is 2.88. The third-order valence-corrected chi connectivity index (χ3v) is 3.19. The molecule has 21 heavy (non-hydrogen) atoms. The lowest BCUT2D eigenvalue weighted by Gasteiger charge is -1.98. The fourth-order valence-electron chi connectivity index (χ4n) is 1.68. The van der Waals surface area contributed by atoms with Gasteiger partial charge in [-0.05, 0) is 18.4 Å². The first kappa shape index (κ1) is 13.6. The Morgan fingerprint density at radius 3 is 2.38 bits per heavy atom. The van der Waals surface area contributed by atoms with Crippen LogP contribution in [-0.4, -0.2) is 30.8 Å². The van der Waals surface area contributed by atoms with Gasteiger partial charge in [-0.1, -0.05) is 11.8 Å². The van der Waals surface area contributed by atoms with E-state index in [9.17, 15) is 13.2 Å². The van der Waals surface area contributed by atoms with E-state index in [0.29, 0.717) is 5.16 Å². The number of fused-ring (bicyclic) bond motifs is 1. The lowest BCUT2D eigenvalue weighted by molar-refractivity contribution is 0.447. The molecule has 0 saturated heterocycles. The van der Waals surface area contributed by atoms with Crippen molar-refractivity contribution in [1.29, 1.82) is 0 Å². The topological polar surface area (TPSA) is 82.0 Å². The number of halogens is 3. The van der Waals surface area contributed by atoms with Gasteiger partial charge in [-0.2, -0.15) is 19.5 Å². The van der Waals surface area contributed by atoms with Crippen molar-refractivity contribution in [3.8, 4) is 11.4 Å². The lowest BCUT2D eigenvalue weighted by Crippen LogP contribution is -2.04. The summed E-state index contributed by atoms with van der Waals surface area (Å²) in [5, 5.41) is 4.34. The summed E-state index contributed by atoms with van der Waals surface area (Å²) in [4.78, 5) is 12.0. The number of thioether (sulfide) groups is 1. The van der Waals surface area contributed by atoms with Gasteiger partial charge < -0.3 is 5.73 Å². The minimum Gasteiger partial charge on any atom is -0.368 e. The van der Waals surface area contributed by atoms with Crippen molar-refractivity contribution in [3.05, 3.63) is 29.6 Å². The van der Waals surface area contributed by atoms with Gasteiger partial charge in [0.05, 0.1) is 0 Å². The second kappa shape index (κ2) is 4.88. The molecule has 0 amide bonds. The monoisotopic (exact) mass is 312 g/mol. The van der Waals surface area contributed by atoms with Gasteiger partial charge in [-0.15, -0.1) is 5.10 Å². The third-order valence-electron chi connectivity index (χ3n) is 2.64. The molecule has 3 aromatic rings. The smallest absolute Gasteiger partial charge is 0.258 e. The van der Waals surface area contributed by atoms with E-state index in [0.717, 1.165) is 16.6 Å². The summed E-state index contributed by atoms with van der Waals surface area (Å²) in [5.41, 5.74) is 5.67. The molecule has 0 atom stereocenters. The normalized spacial score (nSPS) is 11.2. The highest BCUT2D eigenvalue weighted by molar-refractivity contribution is 7.98. The summed E-state index contributed by atoms with van der Waals surface area (Å²) in [6, 6.07) is 1.60. The summed E-state index contributed by atoms with van der Waals surface area (Å²) in [7, 11) is 0. The SMILES string of the molecule is CSc1nc(N)n2nc(-c3cc(F)c(F)c(F)c3)nc2n1. The van der Waals surface area contributed by atoms with Gasteiger partial charge in [-0.25, -0.2) is 13.2 Å². The zero-order valence-corrected chi connectivity index (χ0v) is 11.3. The number of nitrogens with two attached hydrogens (primary N) is 1. The average molecular weight is 312 g/mol. The molecule has 0 aliphatic carbocycles. The summed E-state index contributed by atoms with van der Waals surface area (Å²) >= 11 is 1.26. The number of nitrogen functional groups attached to an aromatic ring is 1. The predicted molar refractivity (Wildman–Crippen MR) is 70.1 cm³/mol. The van der Waals surface area contributed by atoms with E-state index in [1.54, 1.807) is 6.26 Å². The molecule has 0 radical (unpaired) electrons. The number of aromatic nitrogens is 5. The molecule has 0 saturated carbocycles. The van der Waals surface area contributed by atoms with Crippen molar-refractivity contribution < 1.29 is 13.2 Å².